The van der Waals surface area contributed by atoms with E-state index >= 15 is 0 Å². The van der Waals surface area contributed by atoms with Gasteiger partial charge in [0.1, 0.15) is 5.82 Å². The number of aryl methyl sites for hydroxylation is 1. The van der Waals surface area contributed by atoms with E-state index in [4.69, 9.17) is 0 Å². The van der Waals surface area contributed by atoms with Gasteiger partial charge in [-0.15, -0.1) is 10.2 Å². The van der Waals surface area contributed by atoms with Crippen LogP contribution in [0.25, 0.3) is 0 Å². The van der Waals surface area contributed by atoms with Crippen LogP contribution in [-0.4, -0.2) is 84.7 Å². The first kappa shape index (κ1) is 20.9. The summed E-state index contributed by atoms with van der Waals surface area (Å²) in [6, 6.07) is 7.56. The lowest BCUT2D eigenvalue weighted by Gasteiger charge is -2.35. The van der Waals surface area contributed by atoms with Gasteiger partial charge in [-0.25, -0.2) is 13.4 Å². The number of nitrogens with zero attached hydrogens (tertiary/aromatic N) is 6. The van der Waals surface area contributed by atoms with Gasteiger partial charge in [-0.3, -0.25) is 4.79 Å². The van der Waals surface area contributed by atoms with Crippen molar-refractivity contribution in [1.82, 2.24) is 24.4 Å². The van der Waals surface area contributed by atoms with Crippen LogP contribution in [0.5, 0.6) is 0 Å². The maximum Gasteiger partial charge on any atom is 0.238 e. The molecule has 0 saturated carbocycles. The zero-order chi connectivity index (χ0) is 21.0. The standard InChI is InChI=1S/C18H25N7O3S/c1-14-6-7-19-16(12-14)20-15-4-5-17(22-21-15)24-8-10-25(11-9-24)18(26)13-23(2)29(3,27)28/h4-7,12H,8-11,13H2,1-3H3,(H,19,20,21). The number of likely N-dealkylation sites (N-methyl/N-ethyl adjacent to an activating group) is 1. The van der Waals surface area contributed by atoms with Crippen LogP contribution in [0.4, 0.5) is 17.5 Å². The van der Waals surface area contributed by atoms with Crippen LogP contribution in [0.1, 0.15) is 5.56 Å². The normalized spacial score (nSPS) is 14.9. The van der Waals surface area contributed by atoms with Gasteiger partial charge in [0, 0.05) is 39.4 Å². The second-order valence-corrected chi connectivity index (χ2v) is 9.10. The second-order valence-electron chi connectivity index (χ2n) is 7.01. The predicted octanol–water partition coefficient (Wildman–Crippen LogP) is 0.464. The van der Waals surface area contributed by atoms with Gasteiger partial charge >= 0.3 is 0 Å². The molecule has 3 rings (SSSR count). The van der Waals surface area contributed by atoms with E-state index in [1.54, 1.807) is 11.1 Å². The Morgan fingerprint density at radius 1 is 1.14 bits per heavy atom. The average Bonchev–Trinajstić information content (AvgIpc) is 2.68. The highest BCUT2D eigenvalue weighted by atomic mass is 32.2. The summed E-state index contributed by atoms with van der Waals surface area (Å²) >= 11 is 0. The van der Waals surface area contributed by atoms with E-state index in [9.17, 15) is 13.2 Å². The van der Waals surface area contributed by atoms with Crippen molar-refractivity contribution < 1.29 is 13.2 Å². The molecule has 156 valence electrons. The van der Waals surface area contributed by atoms with Gasteiger partial charge in [0.15, 0.2) is 11.6 Å². The summed E-state index contributed by atoms with van der Waals surface area (Å²) in [6.45, 7) is 4.07. The molecule has 0 radical (unpaired) electrons. The highest BCUT2D eigenvalue weighted by Gasteiger charge is 2.24. The lowest BCUT2D eigenvalue weighted by atomic mass is 10.3. The van der Waals surface area contributed by atoms with Crippen molar-refractivity contribution in [2.45, 2.75) is 6.92 Å². The minimum Gasteiger partial charge on any atom is -0.352 e. The Morgan fingerprint density at radius 2 is 1.86 bits per heavy atom. The van der Waals surface area contributed by atoms with Crippen molar-refractivity contribution >= 4 is 33.4 Å². The maximum atomic E-state index is 12.3. The molecule has 0 unspecified atom stereocenters. The van der Waals surface area contributed by atoms with E-state index in [0.29, 0.717) is 37.8 Å². The fraction of sp³-hybridized carbons (Fsp3) is 0.444. The quantitative estimate of drug-likeness (QED) is 0.719. The molecule has 11 heteroatoms. The number of anilines is 3. The number of aromatic nitrogens is 3. The van der Waals surface area contributed by atoms with Gasteiger partial charge in [0.2, 0.25) is 15.9 Å². The summed E-state index contributed by atoms with van der Waals surface area (Å²) in [4.78, 5) is 20.3. The molecule has 1 amide bonds. The summed E-state index contributed by atoms with van der Waals surface area (Å²) in [6.07, 6.45) is 2.82. The molecule has 10 nitrogen and oxygen atoms in total. The molecule has 0 spiro atoms. The highest BCUT2D eigenvalue weighted by Crippen LogP contribution is 2.17. The van der Waals surface area contributed by atoms with Crippen molar-refractivity contribution in [3.63, 3.8) is 0 Å². The number of piperazine rings is 1. The van der Waals surface area contributed by atoms with E-state index in [0.717, 1.165) is 21.9 Å². The second kappa shape index (κ2) is 8.70. The van der Waals surface area contributed by atoms with Crippen molar-refractivity contribution in [2.24, 2.45) is 0 Å². The molecule has 1 saturated heterocycles. The zero-order valence-corrected chi connectivity index (χ0v) is 17.6. The Bertz CT molecular complexity index is 958. The predicted molar refractivity (Wildman–Crippen MR) is 111 cm³/mol. The van der Waals surface area contributed by atoms with Gasteiger partial charge in [-0.1, -0.05) is 0 Å². The van der Waals surface area contributed by atoms with Crippen molar-refractivity contribution in [1.29, 1.82) is 0 Å². The maximum absolute atomic E-state index is 12.3. The van der Waals surface area contributed by atoms with Gasteiger partial charge in [0.25, 0.3) is 0 Å². The Hall–Kier alpha value is -2.79. The molecular formula is C18H25N7O3S. The summed E-state index contributed by atoms with van der Waals surface area (Å²) in [5.74, 6) is 1.84. The smallest absolute Gasteiger partial charge is 0.238 e. The zero-order valence-electron chi connectivity index (χ0n) is 16.7. The number of pyridine rings is 1. The summed E-state index contributed by atoms with van der Waals surface area (Å²) < 4.78 is 24.0. The molecule has 1 fully saturated rings. The fourth-order valence-corrected chi connectivity index (χ4v) is 3.23. The van der Waals surface area contributed by atoms with Crippen LogP contribution in [-0.2, 0) is 14.8 Å². The van der Waals surface area contributed by atoms with Gasteiger partial charge in [-0.05, 0) is 36.8 Å². The molecule has 1 N–H and O–H groups in total. The number of rotatable bonds is 6. The Labute approximate surface area is 170 Å². The molecule has 0 aromatic carbocycles. The third kappa shape index (κ3) is 5.61. The minimum atomic E-state index is -3.37. The van der Waals surface area contributed by atoms with E-state index in [2.05, 4.69) is 20.5 Å². The summed E-state index contributed by atoms with van der Waals surface area (Å²) in [5, 5.41) is 11.6. The Kier molecular flexibility index (Phi) is 6.28. The molecule has 0 atom stereocenters. The third-order valence-corrected chi connectivity index (χ3v) is 5.96. The largest absolute Gasteiger partial charge is 0.352 e. The molecule has 1 aliphatic rings. The first-order valence-electron chi connectivity index (χ1n) is 9.20. The number of nitrogens with one attached hydrogen (secondary N) is 1. The van der Waals surface area contributed by atoms with Crippen LogP contribution < -0.4 is 10.2 Å². The van der Waals surface area contributed by atoms with Crippen LogP contribution >= 0.6 is 0 Å². The molecule has 2 aromatic heterocycles. The molecule has 29 heavy (non-hydrogen) atoms. The van der Waals surface area contributed by atoms with Crippen LogP contribution in [0.2, 0.25) is 0 Å². The fourth-order valence-electron chi connectivity index (χ4n) is 2.89. The van der Waals surface area contributed by atoms with E-state index < -0.39 is 10.0 Å². The van der Waals surface area contributed by atoms with Crippen molar-refractivity contribution in [3.05, 3.63) is 36.0 Å². The van der Waals surface area contributed by atoms with Crippen LogP contribution in [0, 0.1) is 6.92 Å². The van der Waals surface area contributed by atoms with E-state index in [1.165, 1.54) is 7.05 Å². The summed E-state index contributed by atoms with van der Waals surface area (Å²) in [5.41, 5.74) is 1.10. The number of carbonyl (C=O) groups excluding carboxylic acids is 1. The first-order valence-corrected chi connectivity index (χ1v) is 11.0. The number of carbonyl (C=O) groups is 1. The SMILES string of the molecule is Cc1ccnc(Nc2ccc(N3CCN(C(=O)CN(C)S(C)(=O)=O)CC3)nn2)c1. The molecule has 2 aromatic rings. The van der Waals surface area contributed by atoms with Gasteiger partial charge in [0.05, 0.1) is 12.8 Å². The number of hydrogen-bond donors (Lipinski definition) is 1. The third-order valence-electron chi connectivity index (χ3n) is 4.70. The molecular weight excluding hydrogens is 394 g/mol. The first-order chi connectivity index (χ1) is 13.7. The van der Waals surface area contributed by atoms with Crippen molar-refractivity contribution in [2.75, 3.05) is 56.2 Å². The number of hydrogen-bond acceptors (Lipinski definition) is 8. The molecule has 3 heterocycles. The Morgan fingerprint density at radius 3 is 2.45 bits per heavy atom. The van der Waals surface area contributed by atoms with E-state index in [-0.39, 0.29) is 12.5 Å². The van der Waals surface area contributed by atoms with E-state index in [1.807, 2.05) is 36.1 Å². The average molecular weight is 420 g/mol. The molecule has 0 aliphatic carbocycles. The topological polar surface area (TPSA) is 112 Å². The lowest BCUT2D eigenvalue weighted by Crippen LogP contribution is -2.51. The minimum absolute atomic E-state index is 0.147. The van der Waals surface area contributed by atoms with Crippen molar-refractivity contribution in [3.8, 4) is 0 Å². The number of amides is 1. The number of sulfonamides is 1. The van der Waals surface area contributed by atoms with Gasteiger partial charge < -0.3 is 15.1 Å². The van der Waals surface area contributed by atoms with Gasteiger partial charge in [-0.2, -0.15) is 4.31 Å². The lowest BCUT2D eigenvalue weighted by molar-refractivity contribution is -0.131. The van der Waals surface area contributed by atoms with Crippen LogP contribution in [0.3, 0.4) is 0 Å². The van der Waals surface area contributed by atoms with Crippen LogP contribution in [0.15, 0.2) is 30.5 Å². The monoisotopic (exact) mass is 419 g/mol. The molecule has 1 aliphatic heterocycles. The Balaban J connectivity index is 1.53. The summed E-state index contributed by atoms with van der Waals surface area (Å²) in [7, 11) is -1.97. The molecule has 0 bridgehead atoms. The highest BCUT2D eigenvalue weighted by molar-refractivity contribution is 7.88.